The number of aromatic nitrogens is 1. The van der Waals surface area contributed by atoms with Crippen LogP contribution in [-0.4, -0.2) is 12.8 Å². The van der Waals surface area contributed by atoms with Crippen molar-refractivity contribution in [2.45, 2.75) is 6.54 Å². The van der Waals surface area contributed by atoms with E-state index in [1.807, 2.05) is 0 Å². The first-order valence-corrected chi connectivity index (χ1v) is 2.94. The Morgan fingerprint density at radius 3 is 2.80 bits per heavy atom. The Balaban J connectivity index is 3.09. The van der Waals surface area contributed by atoms with Crippen molar-refractivity contribution in [1.29, 1.82) is 0 Å². The van der Waals surface area contributed by atoms with Crippen molar-refractivity contribution in [2.24, 2.45) is 5.73 Å². The molecule has 50 valence electrons. The Kier molecular flexibility index (Phi) is 1.92. The summed E-state index contributed by atoms with van der Waals surface area (Å²) in [5.41, 5.74) is 12.2. The summed E-state index contributed by atoms with van der Waals surface area (Å²) < 4.78 is 0. The van der Waals surface area contributed by atoms with Gasteiger partial charge in [0, 0.05) is 18.3 Å². The molecule has 0 fully saturated rings. The fourth-order valence-corrected chi connectivity index (χ4v) is 0.703. The van der Waals surface area contributed by atoms with E-state index in [2.05, 4.69) is 4.98 Å². The largest absolute Gasteiger partial charge is 0.383 e. The smallest absolute Gasteiger partial charge is 0.127 e. The van der Waals surface area contributed by atoms with Crippen molar-refractivity contribution < 1.29 is 0 Å². The minimum atomic E-state index is 0.379. The molecule has 0 unspecified atom stereocenters. The van der Waals surface area contributed by atoms with E-state index in [0.717, 1.165) is 5.56 Å². The first-order valence-electron chi connectivity index (χ1n) is 2.94. The number of hydrogen-bond acceptors (Lipinski definition) is 3. The van der Waals surface area contributed by atoms with Gasteiger partial charge in [0.2, 0.25) is 0 Å². The fraction of sp³-hybridized carbons (Fsp3) is 0.167. The van der Waals surface area contributed by atoms with E-state index in [0.29, 0.717) is 17.8 Å². The molecule has 0 aromatic carbocycles. The molecule has 0 spiro atoms. The monoisotopic (exact) mass is 133 g/mol. The van der Waals surface area contributed by atoms with Gasteiger partial charge in [0.05, 0.1) is 0 Å². The maximum absolute atomic E-state index is 5.45. The van der Waals surface area contributed by atoms with E-state index < -0.39 is 0 Å². The molecule has 2 radical (unpaired) electrons. The van der Waals surface area contributed by atoms with E-state index in [9.17, 15) is 0 Å². The zero-order valence-electron chi connectivity index (χ0n) is 5.54. The molecule has 0 saturated carbocycles. The normalized spacial score (nSPS) is 9.70. The molecule has 0 aliphatic rings. The molecule has 1 heterocycles. The summed E-state index contributed by atoms with van der Waals surface area (Å²) in [6.07, 6.45) is 1.51. The van der Waals surface area contributed by atoms with Gasteiger partial charge in [-0.1, -0.05) is 11.5 Å². The lowest BCUT2D eigenvalue weighted by Crippen LogP contribution is -2.11. The summed E-state index contributed by atoms with van der Waals surface area (Å²) >= 11 is 0. The molecule has 4 heteroatoms. The minimum Gasteiger partial charge on any atom is -0.383 e. The van der Waals surface area contributed by atoms with Crippen LogP contribution in [0.3, 0.4) is 0 Å². The number of nitrogens with two attached hydrogens (primary N) is 2. The molecular formula is C6H8BN3. The van der Waals surface area contributed by atoms with Crippen LogP contribution in [0.2, 0.25) is 0 Å². The Labute approximate surface area is 60.8 Å². The van der Waals surface area contributed by atoms with Crippen molar-refractivity contribution >= 4 is 19.1 Å². The van der Waals surface area contributed by atoms with Gasteiger partial charge in [0.25, 0.3) is 0 Å². The highest BCUT2D eigenvalue weighted by Crippen LogP contribution is 2.02. The van der Waals surface area contributed by atoms with Gasteiger partial charge in [-0.25, -0.2) is 4.98 Å². The molecule has 4 N–H and O–H groups in total. The van der Waals surface area contributed by atoms with E-state index in [-0.39, 0.29) is 0 Å². The molecule has 0 amide bonds. The second kappa shape index (κ2) is 2.71. The van der Waals surface area contributed by atoms with Crippen molar-refractivity contribution in [3.63, 3.8) is 0 Å². The molecule has 0 aliphatic heterocycles. The highest BCUT2D eigenvalue weighted by molar-refractivity contribution is 6.32. The number of rotatable bonds is 1. The maximum Gasteiger partial charge on any atom is 0.127 e. The van der Waals surface area contributed by atoms with Crippen LogP contribution in [0.4, 0.5) is 5.82 Å². The molecule has 1 aromatic heterocycles. The lowest BCUT2D eigenvalue weighted by molar-refractivity contribution is 1.06. The second-order valence-electron chi connectivity index (χ2n) is 2.02. The predicted molar refractivity (Wildman–Crippen MR) is 41.9 cm³/mol. The summed E-state index contributed by atoms with van der Waals surface area (Å²) in [7, 11) is 5.43. The van der Waals surface area contributed by atoms with Crippen LogP contribution >= 0.6 is 0 Å². The third kappa shape index (κ3) is 1.27. The number of nitrogen functional groups attached to an aromatic ring is 1. The standard InChI is InChI=1S/C6H8BN3/c7-5-1-4(2-8)6(9)10-3-5/h1,3H,2,8H2,(H2,9,10). The van der Waals surface area contributed by atoms with E-state index in [4.69, 9.17) is 19.3 Å². The lowest BCUT2D eigenvalue weighted by Gasteiger charge is -2.01. The molecule has 0 atom stereocenters. The third-order valence-electron chi connectivity index (χ3n) is 1.24. The van der Waals surface area contributed by atoms with Crippen molar-refractivity contribution in [1.82, 2.24) is 4.98 Å². The van der Waals surface area contributed by atoms with Crippen LogP contribution in [0.5, 0.6) is 0 Å². The topological polar surface area (TPSA) is 64.9 Å². The van der Waals surface area contributed by atoms with Crippen LogP contribution in [-0.2, 0) is 6.54 Å². The zero-order chi connectivity index (χ0) is 7.56. The average molecular weight is 133 g/mol. The third-order valence-corrected chi connectivity index (χ3v) is 1.24. The number of hydrogen-bond donors (Lipinski definition) is 2. The van der Waals surface area contributed by atoms with Gasteiger partial charge >= 0.3 is 0 Å². The average Bonchev–Trinajstić information content (AvgIpc) is 1.94. The molecule has 0 saturated heterocycles. The number of pyridine rings is 1. The van der Waals surface area contributed by atoms with Crippen molar-refractivity contribution in [3.05, 3.63) is 17.8 Å². The highest BCUT2D eigenvalue weighted by Gasteiger charge is 1.95. The Hall–Kier alpha value is -1.03. The zero-order valence-corrected chi connectivity index (χ0v) is 5.54. The van der Waals surface area contributed by atoms with E-state index in [1.54, 1.807) is 6.07 Å². The summed E-state index contributed by atoms with van der Waals surface area (Å²) in [6.45, 7) is 0.379. The van der Waals surface area contributed by atoms with Gasteiger partial charge in [-0.15, -0.1) is 0 Å². The highest BCUT2D eigenvalue weighted by atomic mass is 14.8. The fourth-order valence-electron chi connectivity index (χ4n) is 0.703. The van der Waals surface area contributed by atoms with Gasteiger partial charge in [0.15, 0.2) is 0 Å². The quantitative estimate of drug-likeness (QED) is 0.478. The van der Waals surface area contributed by atoms with Crippen molar-refractivity contribution in [2.75, 3.05) is 5.73 Å². The summed E-state index contributed by atoms with van der Waals surface area (Å²) in [5.74, 6) is 0.455. The van der Waals surface area contributed by atoms with Crippen LogP contribution in [0, 0.1) is 0 Å². The molecule has 1 aromatic rings. The Morgan fingerprint density at radius 2 is 2.30 bits per heavy atom. The first-order chi connectivity index (χ1) is 4.74. The van der Waals surface area contributed by atoms with Gasteiger partial charge in [-0.05, 0) is 0 Å². The second-order valence-corrected chi connectivity index (χ2v) is 2.02. The van der Waals surface area contributed by atoms with Gasteiger partial charge < -0.3 is 11.5 Å². The number of anilines is 1. The maximum atomic E-state index is 5.45. The molecular weight excluding hydrogens is 125 g/mol. The van der Waals surface area contributed by atoms with Crippen molar-refractivity contribution in [3.8, 4) is 0 Å². The summed E-state index contributed by atoms with van der Waals surface area (Å²) in [4.78, 5) is 3.82. The summed E-state index contributed by atoms with van der Waals surface area (Å²) in [6, 6.07) is 1.72. The van der Waals surface area contributed by atoms with Crippen LogP contribution in [0.25, 0.3) is 0 Å². The first kappa shape index (κ1) is 7.09. The van der Waals surface area contributed by atoms with Crippen LogP contribution in [0.1, 0.15) is 5.56 Å². The summed E-state index contributed by atoms with van der Waals surface area (Å²) in [5, 5.41) is 0. The van der Waals surface area contributed by atoms with Gasteiger partial charge in [-0.3, -0.25) is 0 Å². The molecule has 10 heavy (non-hydrogen) atoms. The molecule has 1 rings (SSSR count). The van der Waals surface area contributed by atoms with Crippen LogP contribution in [0.15, 0.2) is 12.3 Å². The Morgan fingerprint density at radius 1 is 1.60 bits per heavy atom. The van der Waals surface area contributed by atoms with E-state index >= 15 is 0 Å². The minimum absolute atomic E-state index is 0.379. The molecule has 0 aliphatic carbocycles. The van der Waals surface area contributed by atoms with Gasteiger partial charge in [-0.2, -0.15) is 0 Å². The number of nitrogens with zero attached hydrogens (tertiary/aromatic N) is 1. The van der Waals surface area contributed by atoms with Gasteiger partial charge in [0.1, 0.15) is 13.7 Å². The van der Waals surface area contributed by atoms with E-state index in [1.165, 1.54) is 6.20 Å². The Bertz CT molecular complexity index is 236. The SMILES string of the molecule is [B]c1cnc(N)c(CN)c1. The predicted octanol–water partition coefficient (Wildman–Crippen LogP) is -1.08. The lowest BCUT2D eigenvalue weighted by atomic mass is 9.97. The molecule has 3 nitrogen and oxygen atoms in total. The van der Waals surface area contributed by atoms with Crippen LogP contribution < -0.4 is 16.9 Å². The molecule has 0 bridgehead atoms.